The molecular weight excluding hydrogens is 272 g/mol. The fraction of sp³-hybridized carbons (Fsp3) is 0. The third kappa shape index (κ3) is 2.86. The van der Waals surface area contributed by atoms with Gasteiger partial charge in [-0.1, -0.05) is 18.2 Å². The molecule has 7 nitrogen and oxygen atoms in total. The number of benzene rings is 1. The first-order chi connectivity index (χ1) is 9.00. The van der Waals surface area contributed by atoms with E-state index >= 15 is 0 Å². The van der Waals surface area contributed by atoms with Gasteiger partial charge in [0.05, 0.1) is 4.92 Å². The van der Waals surface area contributed by atoms with E-state index in [9.17, 15) is 18.5 Å². The van der Waals surface area contributed by atoms with Crippen LogP contribution in [0.3, 0.4) is 0 Å². The van der Waals surface area contributed by atoms with E-state index in [-0.39, 0.29) is 5.75 Å². The molecule has 0 aliphatic rings. The molecule has 0 fully saturated rings. The van der Waals surface area contributed by atoms with Crippen molar-refractivity contribution >= 4 is 15.8 Å². The van der Waals surface area contributed by atoms with Gasteiger partial charge in [0.15, 0.2) is 0 Å². The van der Waals surface area contributed by atoms with Crippen LogP contribution in [0, 0.1) is 10.1 Å². The van der Waals surface area contributed by atoms with Gasteiger partial charge in [-0.3, -0.25) is 10.1 Å². The molecule has 0 unspecified atom stereocenters. The molecule has 1 heterocycles. The summed E-state index contributed by atoms with van der Waals surface area (Å²) in [5.41, 5.74) is -0.626. The maximum Gasteiger partial charge on any atom is 0.364 e. The van der Waals surface area contributed by atoms with Crippen molar-refractivity contribution in [1.29, 1.82) is 0 Å². The van der Waals surface area contributed by atoms with Crippen LogP contribution >= 0.6 is 0 Å². The minimum Gasteiger partial charge on any atom is -0.378 e. The van der Waals surface area contributed by atoms with Crippen molar-refractivity contribution in [2.75, 3.05) is 0 Å². The third-order valence-electron chi connectivity index (χ3n) is 2.13. The van der Waals surface area contributed by atoms with Crippen LogP contribution in [0.15, 0.2) is 53.7 Å². The molecule has 0 spiro atoms. The maximum absolute atomic E-state index is 11.9. The summed E-state index contributed by atoms with van der Waals surface area (Å²) in [7, 11) is -4.34. The Kier molecular flexibility index (Phi) is 3.43. The molecule has 0 amide bonds. The van der Waals surface area contributed by atoms with Gasteiger partial charge in [-0.05, 0) is 18.2 Å². The van der Waals surface area contributed by atoms with Gasteiger partial charge in [0.25, 0.3) is 5.03 Å². The lowest BCUT2D eigenvalue weighted by Crippen LogP contribution is -2.13. The Balaban J connectivity index is 2.43. The zero-order chi connectivity index (χ0) is 13.9. The fourth-order valence-corrected chi connectivity index (χ4v) is 2.39. The Labute approximate surface area is 108 Å². The van der Waals surface area contributed by atoms with Crippen molar-refractivity contribution in [2.45, 2.75) is 5.03 Å². The molecular formula is C11H8N2O5S. The van der Waals surface area contributed by atoms with Crippen LogP contribution in [0.1, 0.15) is 0 Å². The summed E-state index contributed by atoms with van der Waals surface area (Å²) in [4.78, 5) is 13.5. The average molecular weight is 280 g/mol. The number of hydrogen-bond donors (Lipinski definition) is 0. The molecule has 0 bridgehead atoms. The van der Waals surface area contributed by atoms with E-state index in [1.165, 1.54) is 18.2 Å². The molecule has 0 aliphatic heterocycles. The Morgan fingerprint density at radius 3 is 2.42 bits per heavy atom. The summed E-state index contributed by atoms with van der Waals surface area (Å²) in [5, 5.41) is 10.0. The second kappa shape index (κ2) is 5.02. The Bertz CT molecular complexity index is 700. The molecule has 98 valence electrons. The summed E-state index contributed by atoms with van der Waals surface area (Å²) in [6, 6.07) is 10.0. The molecule has 1 aromatic carbocycles. The van der Waals surface area contributed by atoms with Crippen LogP contribution in [0.4, 0.5) is 5.69 Å². The van der Waals surface area contributed by atoms with E-state index in [2.05, 4.69) is 4.98 Å². The van der Waals surface area contributed by atoms with E-state index in [1.54, 1.807) is 18.2 Å². The number of nitro groups is 1. The van der Waals surface area contributed by atoms with E-state index in [4.69, 9.17) is 4.18 Å². The topological polar surface area (TPSA) is 99.4 Å². The smallest absolute Gasteiger partial charge is 0.364 e. The number of para-hydroxylation sites is 1. The molecule has 0 radical (unpaired) electrons. The minimum atomic E-state index is -4.34. The predicted molar refractivity (Wildman–Crippen MR) is 65.1 cm³/mol. The molecule has 2 rings (SSSR count). The molecule has 2 aromatic rings. The monoisotopic (exact) mass is 280 g/mol. The number of hydrogen-bond acceptors (Lipinski definition) is 6. The fourth-order valence-electron chi connectivity index (χ4n) is 1.36. The van der Waals surface area contributed by atoms with E-state index < -0.39 is 25.8 Å². The second-order valence-electron chi connectivity index (χ2n) is 3.44. The van der Waals surface area contributed by atoms with Crippen molar-refractivity contribution < 1.29 is 17.5 Å². The summed E-state index contributed by atoms with van der Waals surface area (Å²) < 4.78 is 28.7. The van der Waals surface area contributed by atoms with Gasteiger partial charge in [0, 0.05) is 12.3 Å². The average Bonchev–Trinajstić information content (AvgIpc) is 2.39. The molecule has 0 N–H and O–H groups in total. The highest BCUT2D eigenvalue weighted by molar-refractivity contribution is 7.87. The summed E-state index contributed by atoms with van der Waals surface area (Å²) in [6.45, 7) is 0. The molecule has 19 heavy (non-hydrogen) atoms. The highest BCUT2D eigenvalue weighted by Gasteiger charge is 2.29. The number of aromatic nitrogens is 1. The van der Waals surface area contributed by atoms with Crippen LogP contribution in [0.2, 0.25) is 0 Å². The molecule has 1 aromatic heterocycles. The van der Waals surface area contributed by atoms with Crippen LogP contribution in [-0.2, 0) is 10.1 Å². The first-order valence-corrected chi connectivity index (χ1v) is 6.50. The molecule has 0 saturated heterocycles. The Morgan fingerprint density at radius 1 is 1.11 bits per heavy atom. The van der Waals surface area contributed by atoms with E-state index in [1.807, 2.05) is 0 Å². The predicted octanol–water partition coefficient (Wildman–Crippen LogP) is 1.76. The van der Waals surface area contributed by atoms with Crippen molar-refractivity contribution in [3.05, 3.63) is 58.8 Å². The lowest BCUT2D eigenvalue weighted by Gasteiger charge is -2.05. The summed E-state index contributed by atoms with van der Waals surface area (Å²) >= 11 is 0. The first-order valence-electron chi connectivity index (χ1n) is 5.09. The summed E-state index contributed by atoms with van der Waals surface area (Å²) in [6.07, 6.45) is 1.15. The maximum atomic E-state index is 11.9. The second-order valence-corrected chi connectivity index (χ2v) is 4.90. The van der Waals surface area contributed by atoms with Gasteiger partial charge in [-0.15, -0.1) is 0 Å². The number of rotatable bonds is 4. The van der Waals surface area contributed by atoms with Crippen LogP contribution in [0.25, 0.3) is 0 Å². The molecule has 8 heteroatoms. The lowest BCUT2D eigenvalue weighted by atomic mass is 10.3. The largest absolute Gasteiger partial charge is 0.378 e. The van der Waals surface area contributed by atoms with E-state index in [0.717, 1.165) is 12.3 Å². The van der Waals surface area contributed by atoms with Gasteiger partial charge in [-0.2, -0.15) is 8.42 Å². The van der Waals surface area contributed by atoms with Crippen molar-refractivity contribution in [3.8, 4) is 5.75 Å². The first kappa shape index (κ1) is 13.0. The molecule has 0 atom stereocenters. The zero-order valence-corrected chi connectivity index (χ0v) is 10.3. The van der Waals surface area contributed by atoms with Crippen LogP contribution in [-0.4, -0.2) is 18.3 Å². The highest BCUT2D eigenvalue weighted by Crippen LogP contribution is 2.24. The minimum absolute atomic E-state index is 0.0578. The molecule has 0 saturated carbocycles. The normalized spacial score (nSPS) is 10.9. The standard InChI is InChI=1S/C11H8N2O5S/c14-13(15)10-7-4-8-12-11(10)19(16,17)18-9-5-2-1-3-6-9/h1-8H. The van der Waals surface area contributed by atoms with E-state index in [0.29, 0.717) is 0 Å². The Morgan fingerprint density at radius 2 is 1.79 bits per heavy atom. The highest BCUT2D eigenvalue weighted by atomic mass is 32.2. The lowest BCUT2D eigenvalue weighted by molar-refractivity contribution is -0.388. The zero-order valence-electron chi connectivity index (χ0n) is 9.46. The number of nitrogens with zero attached hydrogens (tertiary/aromatic N) is 2. The van der Waals surface area contributed by atoms with Crippen molar-refractivity contribution in [3.63, 3.8) is 0 Å². The summed E-state index contributed by atoms with van der Waals surface area (Å²) in [5.74, 6) is 0.0578. The van der Waals surface area contributed by atoms with Crippen LogP contribution < -0.4 is 4.18 Å². The quantitative estimate of drug-likeness (QED) is 0.480. The third-order valence-corrected chi connectivity index (χ3v) is 3.33. The number of pyridine rings is 1. The van der Waals surface area contributed by atoms with Gasteiger partial charge in [0.2, 0.25) is 0 Å². The SMILES string of the molecule is O=[N+]([O-])c1cccnc1S(=O)(=O)Oc1ccccc1. The molecule has 0 aliphatic carbocycles. The van der Waals surface area contributed by atoms with Crippen molar-refractivity contribution in [2.24, 2.45) is 0 Å². The van der Waals surface area contributed by atoms with Gasteiger partial charge >= 0.3 is 15.8 Å². The van der Waals surface area contributed by atoms with Crippen molar-refractivity contribution in [1.82, 2.24) is 4.98 Å². The van der Waals surface area contributed by atoms with Gasteiger partial charge in [0.1, 0.15) is 5.75 Å². The van der Waals surface area contributed by atoms with Crippen LogP contribution in [0.5, 0.6) is 5.75 Å². The van der Waals surface area contributed by atoms with Gasteiger partial charge in [-0.25, -0.2) is 4.98 Å². The van der Waals surface area contributed by atoms with Gasteiger partial charge < -0.3 is 4.18 Å². The Hall–Kier alpha value is -2.48.